The third-order valence-corrected chi connectivity index (χ3v) is 8.30. The number of hydrogen-bond donors (Lipinski definition) is 0. The van der Waals surface area contributed by atoms with Crippen LogP contribution < -0.4 is 16.0 Å². The first kappa shape index (κ1) is 26.8. The fourth-order valence-corrected chi connectivity index (χ4v) is 6.20. The number of morpholine rings is 1. The lowest BCUT2D eigenvalue weighted by molar-refractivity contribution is -0.143. The molecule has 13 heteroatoms. The Bertz CT molecular complexity index is 1650. The number of amides is 1. The van der Waals surface area contributed by atoms with Crippen LogP contribution >= 0.6 is 11.3 Å². The Morgan fingerprint density at radius 1 is 1.18 bits per heavy atom. The van der Waals surface area contributed by atoms with Gasteiger partial charge < -0.3 is 14.4 Å². The zero-order chi connectivity index (χ0) is 27.9. The van der Waals surface area contributed by atoms with Crippen LogP contribution in [0.25, 0.3) is 15.2 Å². The number of halogens is 1. The number of rotatable bonds is 7. The second kappa shape index (κ2) is 10.4. The maximum atomic E-state index is 14.1. The minimum atomic E-state index is -1.48. The van der Waals surface area contributed by atoms with Crippen molar-refractivity contribution in [1.29, 1.82) is 0 Å². The van der Waals surface area contributed by atoms with Crippen molar-refractivity contribution in [1.82, 2.24) is 29.0 Å². The number of carbonyl (C=O) groups is 1. The van der Waals surface area contributed by atoms with Crippen LogP contribution in [0.4, 0.5) is 4.39 Å². The van der Waals surface area contributed by atoms with Gasteiger partial charge in [0.25, 0.3) is 5.56 Å². The zero-order valence-corrected chi connectivity index (χ0v) is 23.0. The van der Waals surface area contributed by atoms with E-state index in [1.54, 1.807) is 25.7 Å². The fourth-order valence-electron chi connectivity index (χ4n) is 4.96. The Balaban J connectivity index is 1.70. The highest BCUT2D eigenvalue weighted by Gasteiger charge is 2.38. The molecule has 11 nitrogen and oxygen atoms in total. The van der Waals surface area contributed by atoms with Gasteiger partial charge >= 0.3 is 5.69 Å². The molecular weight excluding hydrogens is 527 g/mol. The van der Waals surface area contributed by atoms with Gasteiger partial charge in [-0.25, -0.2) is 13.8 Å². The highest BCUT2D eigenvalue weighted by molar-refractivity contribution is 7.21. The van der Waals surface area contributed by atoms with Crippen molar-refractivity contribution in [2.24, 2.45) is 0 Å². The summed E-state index contributed by atoms with van der Waals surface area (Å²) in [6.07, 6.45) is 3.29. The van der Waals surface area contributed by atoms with Gasteiger partial charge in [-0.1, -0.05) is 11.3 Å². The molecule has 206 valence electrons. The Morgan fingerprint density at radius 3 is 2.54 bits per heavy atom. The molecule has 1 aliphatic heterocycles. The minimum absolute atomic E-state index is 0.114. The molecule has 1 amide bonds. The molecule has 4 heterocycles. The van der Waals surface area contributed by atoms with Crippen LogP contribution in [0.3, 0.4) is 0 Å². The van der Waals surface area contributed by atoms with E-state index in [4.69, 9.17) is 9.47 Å². The van der Waals surface area contributed by atoms with Crippen molar-refractivity contribution >= 4 is 27.5 Å². The van der Waals surface area contributed by atoms with Gasteiger partial charge in [-0.3, -0.25) is 14.2 Å². The molecule has 4 aromatic rings. The number of aromatic nitrogens is 5. The first-order valence-corrected chi connectivity index (χ1v) is 13.3. The van der Waals surface area contributed by atoms with E-state index in [9.17, 15) is 18.8 Å². The minimum Gasteiger partial charge on any atom is -0.496 e. The third kappa shape index (κ3) is 4.65. The second-order valence-corrected chi connectivity index (χ2v) is 10.8. The maximum Gasteiger partial charge on any atom is 0.333 e. The molecule has 39 heavy (non-hydrogen) atoms. The summed E-state index contributed by atoms with van der Waals surface area (Å²) in [5.41, 5.74) is -1.50. The summed E-state index contributed by atoms with van der Waals surface area (Å²) >= 11 is 1.21. The third-order valence-electron chi connectivity index (χ3n) is 7.02. The van der Waals surface area contributed by atoms with Crippen LogP contribution in [0.1, 0.15) is 25.0 Å². The van der Waals surface area contributed by atoms with Crippen molar-refractivity contribution in [3.63, 3.8) is 0 Å². The molecule has 0 radical (unpaired) electrons. The predicted octanol–water partition coefficient (Wildman–Crippen LogP) is 2.10. The maximum absolute atomic E-state index is 14.1. The van der Waals surface area contributed by atoms with Gasteiger partial charge in [-0.05, 0) is 51.0 Å². The standard InChI is InChI=1S/C26H29FN6O5S/c1-16-20-21(34)32(26(2,3)24(35)30-11-13-38-14-12-30)25(36)31(23(20)39-22(16)33-28-8-9-29-33)10-7-17-15-18(27)5-6-19(17)37-4/h5-6,8-9,15H,7,10-14H2,1-4H3. The molecule has 3 aromatic heterocycles. The molecule has 0 saturated carbocycles. The summed E-state index contributed by atoms with van der Waals surface area (Å²) in [7, 11) is 1.49. The number of ether oxygens (including phenoxy) is 2. The Kier molecular flexibility index (Phi) is 7.12. The summed E-state index contributed by atoms with van der Waals surface area (Å²) in [5.74, 6) is -0.283. The highest BCUT2D eigenvalue weighted by Crippen LogP contribution is 2.31. The number of methoxy groups -OCH3 is 1. The van der Waals surface area contributed by atoms with Gasteiger partial charge in [-0.15, -0.1) is 4.80 Å². The molecule has 0 unspecified atom stereocenters. The average molecular weight is 557 g/mol. The van der Waals surface area contributed by atoms with Crippen LogP contribution in [0.2, 0.25) is 0 Å². The second-order valence-electron chi connectivity index (χ2n) is 9.78. The van der Waals surface area contributed by atoms with Gasteiger partial charge in [0.2, 0.25) is 5.91 Å². The largest absolute Gasteiger partial charge is 0.496 e. The van der Waals surface area contributed by atoms with Crippen LogP contribution in [0.5, 0.6) is 5.75 Å². The molecule has 1 saturated heterocycles. The van der Waals surface area contributed by atoms with Crippen LogP contribution in [-0.4, -0.2) is 68.3 Å². The van der Waals surface area contributed by atoms with E-state index in [1.165, 1.54) is 58.4 Å². The Hall–Kier alpha value is -3.84. The summed E-state index contributed by atoms with van der Waals surface area (Å²) < 4.78 is 27.3. The van der Waals surface area contributed by atoms with Gasteiger partial charge in [0, 0.05) is 25.2 Å². The van der Waals surface area contributed by atoms with Crippen LogP contribution in [-0.2, 0) is 28.0 Å². The summed E-state index contributed by atoms with van der Waals surface area (Å²) in [4.78, 5) is 45.2. The zero-order valence-electron chi connectivity index (χ0n) is 22.1. The van der Waals surface area contributed by atoms with Gasteiger partial charge in [-0.2, -0.15) is 10.2 Å². The summed E-state index contributed by atoms with van der Waals surface area (Å²) in [6.45, 7) is 6.57. The number of nitrogens with zero attached hydrogens (tertiary/aromatic N) is 6. The normalized spacial score (nSPS) is 14.2. The summed E-state index contributed by atoms with van der Waals surface area (Å²) in [6, 6.07) is 4.20. The van der Waals surface area contributed by atoms with Crippen molar-refractivity contribution < 1.29 is 18.7 Å². The predicted molar refractivity (Wildman–Crippen MR) is 143 cm³/mol. The van der Waals surface area contributed by atoms with Crippen molar-refractivity contribution in [3.05, 3.63) is 68.4 Å². The molecule has 1 aliphatic rings. The molecular formula is C26H29FN6O5S. The number of aryl methyl sites for hydroxylation is 3. The monoisotopic (exact) mass is 556 g/mol. The van der Waals surface area contributed by atoms with Crippen molar-refractivity contribution in [2.75, 3.05) is 33.4 Å². The van der Waals surface area contributed by atoms with Gasteiger partial charge in [0.05, 0.1) is 38.1 Å². The molecule has 1 fully saturated rings. The quantitative estimate of drug-likeness (QED) is 0.343. The lowest BCUT2D eigenvalue weighted by Gasteiger charge is -2.35. The molecule has 1 aromatic carbocycles. The lowest BCUT2D eigenvalue weighted by atomic mass is 10.0. The Labute approximate surface area is 227 Å². The first-order chi connectivity index (χ1) is 18.6. The van der Waals surface area contributed by atoms with E-state index < -0.39 is 22.6 Å². The summed E-state index contributed by atoms with van der Waals surface area (Å²) in [5, 5.41) is 9.29. The van der Waals surface area contributed by atoms with Crippen molar-refractivity contribution in [2.45, 2.75) is 39.3 Å². The van der Waals surface area contributed by atoms with Crippen molar-refractivity contribution in [3.8, 4) is 10.8 Å². The number of thiophene rings is 1. The molecule has 0 spiro atoms. The topological polar surface area (TPSA) is 113 Å². The number of fused-ring (bicyclic) bond motifs is 1. The van der Waals surface area contributed by atoms with Gasteiger partial charge in [0.1, 0.15) is 26.9 Å². The van der Waals surface area contributed by atoms with E-state index in [-0.39, 0.29) is 18.9 Å². The lowest BCUT2D eigenvalue weighted by Crippen LogP contribution is -2.58. The molecule has 0 bridgehead atoms. The van der Waals surface area contributed by atoms with Crippen LogP contribution in [0.15, 0.2) is 40.2 Å². The number of hydrogen-bond acceptors (Lipinski definition) is 8. The van der Waals surface area contributed by atoms with E-state index >= 15 is 0 Å². The fraction of sp³-hybridized carbons (Fsp3) is 0.423. The smallest absolute Gasteiger partial charge is 0.333 e. The van der Waals surface area contributed by atoms with E-state index in [0.29, 0.717) is 58.4 Å². The van der Waals surface area contributed by atoms with E-state index in [0.717, 1.165) is 4.57 Å². The SMILES string of the molecule is COc1ccc(F)cc1CCn1c(=O)n(C(C)(C)C(=O)N2CCOCC2)c(=O)c2c(C)c(-n3nccn3)sc21. The number of carbonyl (C=O) groups excluding carboxylic acids is 1. The van der Waals surface area contributed by atoms with E-state index in [2.05, 4.69) is 10.2 Å². The van der Waals surface area contributed by atoms with Gasteiger partial charge in [0.15, 0.2) is 0 Å². The molecule has 0 aliphatic carbocycles. The molecule has 5 rings (SSSR count). The highest BCUT2D eigenvalue weighted by atomic mass is 32.1. The van der Waals surface area contributed by atoms with E-state index in [1.807, 2.05) is 0 Å². The average Bonchev–Trinajstić information content (AvgIpc) is 3.57. The van der Waals surface area contributed by atoms with Crippen LogP contribution in [0, 0.1) is 12.7 Å². The molecule has 0 atom stereocenters. The Morgan fingerprint density at radius 2 is 1.87 bits per heavy atom. The molecule has 0 N–H and O–H groups in total. The first-order valence-electron chi connectivity index (χ1n) is 12.5. The number of benzene rings is 1.